The van der Waals surface area contributed by atoms with Crippen molar-refractivity contribution in [3.63, 3.8) is 0 Å². The van der Waals surface area contributed by atoms with Crippen LogP contribution in [0.4, 0.5) is 0 Å². The van der Waals surface area contributed by atoms with Gasteiger partial charge in [0.05, 0.1) is 6.20 Å². The van der Waals surface area contributed by atoms with E-state index in [1.807, 2.05) is 30.3 Å². The minimum Gasteiger partial charge on any atom is -0.460 e. The van der Waals surface area contributed by atoms with E-state index in [9.17, 15) is 0 Å². The van der Waals surface area contributed by atoms with Crippen LogP contribution in [-0.2, 0) is 0 Å². The Hall–Kier alpha value is -2.03. The SMILES string of the molecule is C1=c2cnoc2=COc2ccccc21. The number of ether oxygens (including phenoxy) is 1. The lowest BCUT2D eigenvalue weighted by atomic mass is 10.2. The van der Waals surface area contributed by atoms with Gasteiger partial charge in [-0.05, 0) is 12.1 Å². The van der Waals surface area contributed by atoms with Gasteiger partial charge in [0.25, 0.3) is 0 Å². The molecule has 2 heterocycles. The van der Waals surface area contributed by atoms with Gasteiger partial charge < -0.3 is 9.26 Å². The fourth-order valence-electron chi connectivity index (χ4n) is 1.45. The first-order valence-corrected chi connectivity index (χ1v) is 4.32. The van der Waals surface area contributed by atoms with Crippen LogP contribution in [0.3, 0.4) is 0 Å². The first-order chi connectivity index (χ1) is 6.93. The van der Waals surface area contributed by atoms with Gasteiger partial charge >= 0.3 is 0 Å². The predicted molar refractivity (Wildman–Crippen MR) is 50.9 cm³/mol. The summed E-state index contributed by atoms with van der Waals surface area (Å²) in [5.74, 6) is 0.832. The van der Waals surface area contributed by atoms with Gasteiger partial charge in [-0.25, -0.2) is 0 Å². The topological polar surface area (TPSA) is 35.3 Å². The van der Waals surface area contributed by atoms with Gasteiger partial charge in [-0.1, -0.05) is 23.4 Å². The van der Waals surface area contributed by atoms with Gasteiger partial charge in [0.2, 0.25) is 5.42 Å². The molecule has 3 nitrogen and oxygen atoms in total. The fraction of sp³-hybridized carbons (Fsp3) is 0. The molecule has 3 rings (SSSR count). The van der Waals surface area contributed by atoms with Gasteiger partial charge in [-0.2, -0.15) is 0 Å². The second-order valence-corrected chi connectivity index (χ2v) is 3.06. The highest BCUT2D eigenvalue weighted by Gasteiger charge is 2.03. The van der Waals surface area contributed by atoms with Crippen LogP contribution in [-0.4, -0.2) is 5.16 Å². The zero-order valence-electron chi connectivity index (χ0n) is 7.31. The summed E-state index contributed by atoms with van der Waals surface area (Å²) < 4.78 is 10.4. The van der Waals surface area contributed by atoms with Gasteiger partial charge in [-0.3, -0.25) is 0 Å². The van der Waals surface area contributed by atoms with Crippen molar-refractivity contribution in [2.24, 2.45) is 0 Å². The Labute approximate surface area is 79.9 Å². The zero-order valence-corrected chi connectivity index (χ0v) is 7.31. The molecule has 0 aliphatic carbocycles. The molecule has 0 unspecified atom stereocenters. The normalized spacial score (nSPS) is 12.6. The third-order valence-corrected chi connectivity index (χ3v) is 2.15. The average Bonchev–Trinajstić information content (AvgIpc) is 2.58. The maximum atomic E-state index is 5.44. The Morgan fingerprint density at radius 2 is 2.07 bits per heavy atom. The molecule has 1 aromatic carbocycles. The van der Waals surface area contributed by atoms with Crippen LogP contribution in [0.5, 0.6) is 5.75 Å². The monoisotopic (exact) mass is 185 g/mol. The van der Waals surface area contributed by atoms with Gasteiger partial charge in [0.15, 0.2) is 0 Å². The zero-order chi connectivity index (χ0) is 9.38. The molecule has 1 aliphatic rings. The van der Waals surface area contributed by atoms with E-state index in [0.717, 1.165) is 16.5 Å². The van der Waals surface area contributed by atoms with E-state index in [1.165, 1.54) is 0 Å². The summed E-state index contributed by atoms with van der Waals surface area (Å²) >= 11 is 0. The smallest absolute Gasteiger partial charge is 0.201 e. The minimum absolute atomic E-state index is 0.654. The number of hydrogen-bond donors (Lipinski definition) is 0. The van der Waals surface area contributed by atoms with E-state index < -0.39 is 0 Å². The lowest BCUT2D eigenvalue weighted by Gasteiger charge is -2.00. The Morgan fingerprint density at radius 1 is 1.14 bits per heavy atom. The molecule has 0 radical (unpaired) electrons. The predicted octanol–water partition coefficient (Wildman–Crippen LogP) is 0.634. The van der Waals surface area contributed by atoms with E-state index in [1.54, 1.807) is 12.5 Å². The van der Waals surface area contributed by atoms with Crippen LogP contribution < -0.4 is 15.4 Å². The molecule has 0 saturated carbocycles. The highest BCUT2D eigenvalue weighted by molar-refractivity contribution is 5.59. The van der Waals surface area contributed by atoms with Gasteiger partial charge in [0.1, 0.15) is 12.0 Å². The molecule has 1 aromatic heterocycles. The molecule has 1 aliphatic heterocycles. The number of rotatable bonds is 0. The number of benzene rings is 1. The van der Waals surface area contributed by atoms with Crippen molar-refractivity contribution in [2.75, 3.05) is 0 Å². The molecule has 3 heteroatoms. The van der Waals surface area contributed by atoms with E-state index in [0.29, 0.717) is 5.42 Å². The molecule has 0 N–H and O–H groups in total. The summed E-state index contributed by atoms with van der Waals surface area (Å²) in [5.41, 5.74) is 1.69. The van der Waals surface area contributed by atoms with E-state index in [-0.39, 0.29) is 0 Å². The largest absolute Gasteiger partial charge is 0.460 e. The molecule has 0 fully saturated rings. The summed E-state index contributed by atoms with van der Waals surface area (Å²) in [4.78, 5) is 0. The van der Waals surface area contributed by atoms with Crippen molar-refractivity contribution in [3.05, 3.63) is 46.7 Å². The van der Waals surface area contributed by atoms with Crippen LogP contribution >= 0.6 is 0 Å². The van der Waals surface area contributed by atoms with E-state index >= 15 is 0 Å². The molecule has 2 aromatic rings. The molecule has 0 bridgehead atoms. The molecule has 14 heavy (non-hydrogen) atoms. The molecule has 0 amide bonds. The molecule has 0 atom stereocenters. The molecule has 0 saturated heterocycles. The Kier molecular flexibility index (Phi) is 1.44. The number of para-hydroxylation sites is 1. The maximum absolute atomic E-state index is 5.44. The minimum atomic E-state index is 0.654. The Bertz CT molecular complexity index is 583. The lowest BCUT2D eigenvalue weighted by Crippen LogP contribution is -2.18. The van der Waals surface area contributed by atoms with Crippen molar-refractivity contribution in [3.8, 4) is 5.75 Å². The summed E-state index contributed by atoms with van der Waals surface area (Å²) in [6, 6.07) is 7.82. The summed E-state index contributed by atoms with van der Waals surface area (Å²) in [6.45, 7) is 0. The number of aromatic nitrogens is 1. The first kappa shape index (κ1) is 7.38. The highest BCUT2D eigenvalue weighted by Crippen LogP contribution is 2.19. The average molecular weight is 185 g/mol. The number of nitrogens with zero attached hydrogens (tertiary/aromatic N) is 1. The second-order valence-electron chi connectivity index (χ2n) is 3.06. The summed E-state index contributed by atoms with van der Waals surface area (Å²) in [6.07, 6.45) is 5.24. The van der Waals surface area contributed by atoms with Crippen LogP contribution in [0.2, 0.25) is 0 Å². The number of hydrogen-bond acceptors (Lipinski definition) is 3. The van der Waals surface area contributed by atoms with E-state index in [4.69, 9.17) is 9.26 Å². The third-order valence-electron chi connectivity index (χ3n) is 2.15. The van der Waals surface area contributed by atoms with Crippen LogP contribution in [0.25, 0.3) is 12.3 Å². The maximum Gasteiger partial charge on any atom is 0.201 e. The first-order valence-electron chi connectivity index (χ1n) is 4.32. The standard InChI is InChI=1S/C11H7NO2/c1-2-4-10-8(3-1)5-9-6-12-14-11(9)7-13-10/h1-7H. The van der Waals surface area contributed by atoms with Crippen LogP contribution in [0.15, 0.2) is 35.0 Å². The van der Waals surface area contributed by atoms with Crippen molar-refractivity contribution in [1.82, 2.24) is 5.16 Å². The van der Waals surface area contributed by atoms with E-state index in [2.05, 4.69) is 5.16 Å². The molecular formula is C11H7NO2. The Balaban J connectivity index is 2.36. The van der Waals surface area contributed by atoms with Gasteiger partial charge in [0, 0.05) is 10.8 Å². The molecule has 68 valence electrons. The van der Waals surface area contributed by atoms with Crippen molar-refractivity contribution in [1.29, 1.82) is 0 Å². The van der Waals surface area contributed by atoms with Crippen molar-refractivity contribution in [2.45, 2.75) is 0 Å². The highest BCUT2D eigenvalue weighted by atomic mass is 16.5. The van der Waals surface area contributed by atoms with Gasteiger partial charge in [-0.15, -0.1) is 0 Å². The fourth-order valence-corrected chi connectivity index (χ4v) is 1.45. The van der Waals surface area contributed by atoms with Crippen molar-refractivity contribution < 1.29 is 9.26 Å². The summed E-state index contributed by atoms with van der Waals surface area (Å²) in [5, 5.41) is 4.64. The third kappa shape index (κ3) is 1.03. The molecular weight excluding hydrogens is 178 g/mol. The summed E-state index contributed by atoms with van der Waals surface area (Å²) in [7, 11) is 0. The quantitative estimate of drug-likeness (QED) is 0.604. The Morgan fingerprint density at radius 3 is 3.07 bits per heavy atom. The number of fused-ring (bicyclic) bond motifs is 2. The van der Waals surface area contributed by atoms with Crippen LogP contribution in [0, 0.1) is 0 Å². The lowest BCUT2D eigenvalue weighted by molar-refractivity contribution is 0.382. The second kappa shape index (κ2) is 2.73. The van der Waals surface area contributed by atoms with Crippen LogP contribution in [0.1, 0.15) is 5.56 Å². The molecule has 0 spiro atoms. The van der Waals surface area contributed by atoms with Crippen molar-refractivity contribution >= 4 is 12.3 Å².